The molecule has 28 heteroatoms. The van der Waals surface area contributed by atoms with Gasteiger partial charge in [-0.05, 0) is 37.7 Å². The number of nitrogens with one attached hydrogen (secondary N) is 7. The first kappa shape index (κ1) is 53.4. The average molecular weight is 879 g/mol. The highest BCUT2D eigenvalue weighted by Crippen LogP contribution is 2.07. The monoisotopic (exact) mass is 878 g/mol. The van der Waals surface area contributed by atoms with Gasteiger partial charge in [-0.15, -0.1) is 0 Å². The number of amides is 9. The van der Waals surface area contributed by atoms with Crippen LogP contribution in [0.4, 0.5) is 0 Å². The van der Waals surface area contributed by atoms with Crippen molar-refractivity contribution in [2.45, 2.75) is 94.0 Å². The summed E-state index contributed by atoms with van der Waals surface area (Å²) in [5.41, 5.74) is 15.9. The van der Waals surface area contributed by atoms with Crippen molar-refractivity contribution in [1.82, 2.24) is 37.2 Å². The molecular formula is C32H50N10O17S. The van der Waals surface area contributed by atoms with Crippen molar-refractivity contribution < 1.29 is 82.8 Å². The molecule has 0 aliphatic heterocycles. The van der Waals surface area contributed by atoms with Crippen molar-refractivity contribution in [3.05, 3.63) is 0 Å². The Hall–Kier alpha value is -6.58. The average Bonchev–Trinajstić information content (AvgIpc) is 3.15. The van der Waals surface area contributed by atoms with E-state index in [1.54, 1.807) is 6.26 Å². The third kappa shape index (κ3) is 23.6. The van der Waals surface area contributed by atoms with E-state index in [9.17, 15) is 77.6 Å². The zero-order valence-corrected chi connectivity index (χ0v) is 33.0. The van der Waals surface area contributed by atoms with Crippen LogP contribution in [0.2, 0.25) is 0 Å². The topological polar surface area (TPSA) is 465 Å². The van der Waals surface area contributed by atoms with E-state index in [1.165, 1.54) is 11.8 Å². The van der Waals surface area contributed by atoms with E-state index in [1.807, 2.05) is 10.6 Å². The Bertz CT molecular complexity index is 1630. The fraction of sp³-hybridized carbons (Fsp3) is 0.594. The van der Waals surface area contributed by atoms with Crippen LogP contribution in [0.25, 0.3) is 0 Å². The fourth-order valence-corrected chi connectivity index (χ4v) is 5.19. The van der Waals surface area contributed by atoms with Gasteiger partial charge in [0.15, 0.2) is 0 Å². The van der Waals surface area contributed by atoms with Crippen molar-refractivity contribution in [3.63, 3.8) is 0 Å². The summed E-state index contributed by atoms with van der Waals surface area (Å²) in [4.78, 5) is 158. The van der Waals surface area contributed by atoms with E-state index in [2.05, 4.69) is 26.6 Å². The molecule has 0 saturated heterocycles. The predicted molar refractivity (Wildman–Crippen MR) is 203 cm³/mol. The molecule has 0 aliphatic rings. The molecule has 17 N–H and O–H groups in total. The highest BCUT2D eigenvalue weighted by atomic mass is 32.2. The molecule has 0 rings (SSSR count). The van der Waals surface area contributed by atoms with Gasteiger partial charge < -0.3 is 74.8 Å². The van der Waals surface area contributed by atoms with Crippen molar-refractivity contribution >= 4 is 88.8 Å². The summed E-state index contributed by atoms with van der Waals surface area (Å²) in [6.45, 7) is -1.80. The minimum atomic E-state index is -1.91. The minimum absolute atomic E-state index is 0.0280. The van der Waals surface area contributed by atoms with Gasteiger partial charge in [0.25, 0.3) is 0 Å². The first-order valence-corrected chi connectivity index (χ1v) is 19.1. The van der Waals surface area contributed by atoms with E-state index >= 15 is 0 Å². The van der Waals surface area contributed by atoms with Crippen LogP contribution in [0.15, 0.2) is 0 Å². The Kier molecular flexibility index (Phi) is 24.9. The Morgan fingerprint density at radius 3 is 1.33 bits per heavy atom. The summed E-state index contributed by atoms with van der Waals surface area (Å²) in [6, 6.07) is -10.00. The van der Waals surface area contributed by atoms with Crippen LogP contribution in [-0.4, -0.2) is 159 Å². The first-order valence-electron chi connectivity index (χ1n) is 17.7. The molecule has 0 unspecified atom stereocenters. The lowest BCUT2D eigenvalue weighted by atomic mass is 10.1. The molecule has 0 spiro atoms. The number of carbonyl (C=O) groups excluding carboxylic acids is 9. The number of nitrogens with two attached hydrogens (primary N) is 3. The second kappa shape index (κ2) is 27.9. The summed E-state index contributed by atoms with van der Waals surface area (Å²) in [5.74, 6) is -15.6. The van der Waals surface area contributed by atoms with Crippen LogP contribution in [-0.2, 0) is 62.3 Å². The van der Waals surface area contributed by atoms with Gasteiger partial charge >= 0.3 is 23.9 Å². The van der Waals surface area contributed by atoms with Crippen molar-refractivity contribution in [1.29, 1.82) is 0 Å². The lowest BCUT2D eigenvalue weighted by Crippen LogP contribution is -2.59. The standard InChI is InChI=1S/C32H50N10O17S/c1-60-9-8-17(28(55)37-13-26(52)53)41-31(58)15(3-6-23(46)47)39-30(57)16(4-7-24(48)49)40-32(59)18(10-21(35)44)38-22(45)12-36-29(56)19(11-25(50)51)42-27(54)14(33)2-5-20(34)43/h14-19H,2-13,33H2,1H3,(H2,34,43)(H2,35,44)(H,36,56)(H,37,55)(H,38,45)(H,39,57)(H,40,59)(H,41,58)(H,42,54)(H,46,47)(H,48,49)(H,50,51)(H,52,53)/t14-,15-,16-,17-,18-,19-/m0/s1. The number of carboxylic acid groups (broad SMARTS) is 4. The number of carboxylic acids is 4. The van der Waals surface area contributed by atoms with Gasteiger partial charge in [0.1, 0.15) is 36.8 Å². The maximum Gasteiger partial charge on any atom is 0.322 e. The SMILES string of the molecule is CSCC[C@H](NC(=O)[C@H](CCC(=O)O)NC(=O)[C@H](CCC(=O)O)NC(=O)[C@H](CC(N)=O)NC(=O)CNC(=O)[C@H](CC(=O)O)NC(=O)[C@@H](N)CCC(N)=O)C(=O)NCC(=O)O. The Labute approximate surface area is 344 Å². The summed E-state index contributed by atoms with van der Waals surface area (Å²) in [7, 11) is 0. The van der Waals surface area contributed by atoms with E-state index in [0.29, 0.717) is 0 Å². The molecule has 0 heterocycles. The van der Waals surface area contributed by atoms with Gasteiger partial charge in [-0.3, -0.25) is 62.3 Å². The van der Waals surface area contributed by atoms with Gasteiger partial charge in [0.05, 0.1) is 25.4 Å². The van der Waals surface area contributed by atoms with Crippen LogP contribution >= 0.6 is 11.8 Å². The predicted octanol–water partition coefficient (Wildman–Crippen LogP) is -6.85. The molecule has 9 amide bonds. The Balaban J connectivity index is 6.14. The smallest absolute Gasteiger partial charge is 0.322 e. The first-order chi connectivity index (χ1) is 28.0. The van der Waals surface area contributed by atoms with Gasteiger partial charge in [-0.2, -0.15) is 11.8 Å². The molecule has 0 fully saturated rings. The third-order valence-corrected chi connectivity index (χ3v) is 8.39. The van der Waals surface area contributed by atoms with Crippen LogP contribution in [0.3, 0.4) is 0 Å². The molecule has 336 valence electrons. The second-order valence-corrected chi connectivity index (χ2v) is 13.7. The van der Waals surface area contributed by atoms with Crippen molar-refractivity contribution in [2.75, 3.05) is 25.1 Å². The molecule has 0 radical (unpaired) electrons. The maximum absolute atomic E-state index is 13.5. The number of hydrogen-bond acceptors (Lipinski definition) is 15. The van der Waals surface area contributed by atoms with Crippen molar-refractivity contribution in [3.8, 4) is 0 Å². The van der Waals surface area contributed by atoms with Crippen LogP contribution in [0.1, 0.15) is 57.8 Å². The lowest BCUT2D eigenvalue weighted by Gasteiger charge is -2.26. The molecule has 27 nitrogen and oxygen atoms in total. The number of carbonyl (C=O) groups is 13. The van der Waals surface area contributed by atoms with Gasteiger partial charge in [0.2, 0.25) is 53.2 Å². The highest BCUT2D eigenvalue weighted by Gasteiger charge is 2.33. The normalized spacial score (nSPS) is 13.6. The van der Waals surface area contributed by atoms with E-state index in [0.717, 1.165) is 0 Å². The number of rotatable bonds is 31. The summed E-state index contributed by atoms with van der Waals surface area (Å²) in [6.07, 6.45) is -3.61. The molecular weight excluding hydrogens is 828 g/mol. The number of thioether (sulfide) groups is 1. The van der Waals surface area contributed by atoms with E-state index < -0.39 is 165 Å². The minimum Gasteiger partial charge on any atom is -0.481 e. The maximum atomic E-state index is 13.5. The molecule has 0 aromatic carbocycles. The molecule has 0 aromatic heterocycles. The largest absolute Gasteiger partial charge is 0.481 e. The zero-order valence-electron chi connectivity index (χ0n) is 32.2. The summed E-state index contributed by atoms with van der Waals surface area (Å²) < 4.78 is 0. The van der Waals surface area contributed by atoms with Crippen LogP contribution < -0.4 is 54.4 Å². The summed E-state index contributed by atoms with van der Waals surface area (Å²) >= 11 is 1.27. The molecule has 0 bridgehead atoms. The Morgan fingerprint density at radius 2 is 0.900 bits per heavy atom. The summed E-state index contributed by atoms with van der Waals surface area (Å²) in [5, 5.41) is 51.4. The van der Waals surface area contributed by atoms with Gasteiger partial charge in [0, 0.05) is 19.3 Å². The second-order valence-electron chi connectivity index (χ2n) is 12.7. The van der Waals surface area contributed by atoms with E-state index in [4.69, 9.17) is 22.3 Å². The molecule has 6 atom stereocenters. The van der Waals surface area contributed by atoms with E-state index in [-0.39, 0.29) is 25.0 Å². The van der Waals surface area contributed by atoms with Crippen molar-refractivity contribution in [2.24, 2.45) is 17.2 Å². The molecule has 0 saturated carbocycles. The third-order valence-electron chi connectivity index (χ3n) is 7.75. The highest BCUT2D eigenvalue weighted by molar-refractivity contribution is 7.98. The van der Waals surface area contributed by atoms with Crippen LogP contribution in [0, 0.1) is 0 Å². The zero-order chi connectivity index (χ0) is 46.1. The molecule has 0 aliphatic carbocycles. The number of hydrogen-bond donors (Lipinski definition) is 14. The number of aliphatic carboxylic acids is 4. The van der Waals surface area contributed by atoms with Gasteiger partial charge in [-0.25, -0.2) is 0 Å². The Morgan fingerprint density at radius 1 is 0.467 bits per heavy atom. The lowest BCUT2D eigenvalue weighted by molar-refractivity contribution is -0.141. The number of primary amides is 2. The van der Waals surface area contributed by atoms with Gasteiger partial charge in [-0.1, -0.05) is 0 Å². The molecule has 0 aromatic rings. The quantitative estimate of drug-likeness (QED) is 0.0308. The van der Waals surface area contributed by atoms with Crippen LogP contribution in [0.5, 0.6) is 0 Å². The molecule has 60 heavy (non-hydrogen) atoms. The fourth-order valence-electron chi connectivity index (χ4n) is 4.72.